The summed E-state index contributed by atoms with van der Waals surface area (Å²) in [6.45, 7) is 1.95. The van der Waals surface area contributed by atoms with Crippen molar-refractivity contribution in [1.82, 2.24) is 34.7 Å². The van der Waals surface area contributed by atoms with Crippen molar-refractivity contribution in [2.45, 2.75) is 31.7 Å². The minimum atomic E-state index is -0.514. The van der Waals surface area contributed by atoms with Crippen LogP contribution in [0.4, 0.5) is 4.39 Å². The highest BCUT2D eigenvalue weighted by atomic mass is 35.5. The topological polar surface area (TPSA) is 107 Å². The second-order valence-electron chi connectivity index (χ2n) is 10.4. The van der Waals surface area contributed by atoms with Crippen LogP contribution >= 0.6 is 23.2 Å². The molecule has 40 heavy (non-hydrogen) atoms. The van der Waals surface area contributed by atoms with E-state index < -0.39 is 5.95 Å². The second-order valence-corrected chi connectivity index (χ2v) is 11.3. The fourth-order valence-electron chi connectivity index (χ4n) is 6.12. The maximum absolute atomic E-state index is 15.3. The Morgan fingerprint density at radius 1 is 1.12 bits per heavy atom. The molecule has 1 N–H and O–H groups in total. The van der Waals surface area contributed by atoms with Crippen LogP contribution in [0.5, 0.6) is 0 Å². The number of aromatic amines is 1. The molecular formula is C28H19Cl2FN8O. The standard InChI is InChI=1S/C28H19Cl2FN8O/c1-12-15-4-2-13(6-21(15)35-34-12)16-9-22(32-27(16)31)26-17-8-18(17)28-33-20(10-25(40)39(26)28)19-7-14(29)3-5-23(19)38-11-24(30)36-37-38/h2-7,10-11,17-18,26H,8-9H2,1H3,(H,34,35). The van der Waals surface area contributed by atoms with E-state index in [0.29, 0.717) is 45.5 Å². The molecule has 12 heteroatoms. The second kappa shape index (κ2) is 8.42. The Morgan fingerprint density at radius 2 is 2.00 bits per heavy atom. The number of H-pyrrole nitrogens is 1. The molecule has 0 amide bonds. The Labute approximate surface area is 236 Å². The number of aromatic nitrogens is 7. The summed E-state index contributed by atoms with van der Waals surface area (Å²) in [6.07, 6.45) is 2.77. The van der Waals surface area contributed by atoms with Crippen LogP contribution in [0.3, 0.4) is 0 Å². The first-order valence-electron chi connectivity index (χ1n) is 12.8. The van der Waals surface area contributed by atoms with Crippen molar-refractivity contribution in [2.24, 2.45) is 10.9 Å². The molecule has 1 fully saturated rings. The molecule has 5 heterocycles. The molecule has 0 radical (unpaired) electrons. The molecule has 0 spiro atoms. The van der Waals surface area contributed by atoms with Gasteiger partial charge >= 0.3 is 0 Å². The first-order valence-corrected chi connectivity index (χ1v) is 13.5. The van der Waals surface area contributed by atoms with E-state index in [1.165, 1.54) is 10.7 Å². The van der Waals surface area contributed by atoms with Crippen molar-refractivity contribution in [3.05, 3.63) is 92.2 Å². The number of halogens is 3. The fourth-order valence-corrected chi connectivity index (χ4v) is 6.42. The maximum Gasteiger partial charge on any atom is 0.254 e. The van der Waals surface area contributed by atoms with Crippen LogP contribution in [0, 0.1) is 12.8 Å². The number of nitrogens with zero attached hydrogens (tertiary/aromatic N) is 7. The van der Waals surface area contributed by atoms with Crippen molar-refractivity contribution in [3.63, 3.8) is 0 Å². The van der Waals surface area contributed by atoms with Crippen molar-refractivity contribution < 1.29 is 4.39 Å². The first kappa shape index (κ1) is 23.7. The predicted octanol–water partition coefficient (Wildman–Crippen LogP) is 5.82. The zero-order valence-electron chi connectivity index (χ0n) is 20.9. The summed E-state index contributed by atoms with van der Waals surface area (Å²) in [4.78, 5) is 22.9. The van der Waals surface area contributed by atoms with Crippen LogP contribution in [0.25, 0.3) is 33.4 Å². The highest BCUT2D eigenvalue weighted by molar-refractivity contribution is 6.31. The fraction of sp³-hybridized carbons (Fsp3) is 0.214. The van der Waals surface area contributed by atoms with E-state index in [1.807, 2.05) is 25.1 Å². The number of hydrogen-bond acceptors (Lipinski definition) is 6. The van der Waals surface area contributed by atoms with E-state index in [-0.39, 0.29) is 28.6 Å². The third-order valence-electron chi connectivity index (χ3n) is 8.07. The van der Waals surface area contributed by atoms with Gasteiger partial charge in [0, 0.05) is 51.4 Å². The summed E-state index contributed by atoms with van der Waals surface area (Å²) in [7, 11) is 0. The molecule has 3 aliphatic rings. The van der Waals surface area contributed by atoms with Crippen molar-refractivity contribution in [3.8, 4) is 16.9 Å². The van der Waals surface area contributed by atoms with Gasteiger partial charge in [0.2, 0.25) is 5.95 Å². The summed E-state index contributed by atoms with van der Waals surface area (Å²) in [5.41, 5.74) is 5.17. The van der Waals surface area contributed by atoms with Crippen LogP contribution < -0.4 is 5.56 Å². The molecule has 0 bridgehead atoms. The van der Waals surface area contributed by atoms with E-state index >= 15 is 4.39 Å². The van der Waals surface area contributed by atoms with Crippen LogP contribution in [0.1, 0.15) is 41.9 Å². The molecule has 2 aromatic carbocycles. The van der Waals surface area contributed by atoms with Gasteiger partial charge < -0.3 is 0 Å². The lowest BCUT2D eigenvalue weighted by atomic mass is 9.97. The molecule has 8 rings (SSSR count). The summed E-state index contributed by atoms with van der Waals surface area (Å²) in [5.74, 6) is 0.440. The van der Waals surface area contributed by atoms with Gasteiger partial charge in [-0.3, -0.25) is 14.5 Å². The number of rotatable bonds is 4. The van der Waals surface area contributed by atoms with Crippen LogP contribution in [-0.4, -0.2) is 40.5 Å². The summed E-state index contributed by atoms with van der Waals surface area (Å²) in [6, 6.07) is 12.1. The lowest BCUT2D eigenvalue weighted by Gasteiger charge is -2.19. The van der Waals surface area contributed by atoms with Gasteiger partial charge in [0.1, 0.15) is 5.82 Å². The molecule has 5 aromatic rings. The number of aryl methyl sites for hydroxylation is 1. The van der Waals surface area contributed by atoms with Crippen LogP contribution in [-0.2, 0) is 0 Å². The van der Waals surface area contributed by atoms with Gasteiger partial charge in [0.25, 0.3) is 5.56 Å². The van der Waals surface area contributed by atoms with Crippen molar-refractivity contribution in [1.29, 1.82) is 0 Å². The molecule has 3 unspecified atom stereocenters. The minimum Gasteiger partial charge on any atom is -0.287 e. The highest BCUT2D eigenvalue weighted by Gasteiger charge is 2.56. The largest absolute Gasteiger partial charge is 0.287 e. The van der Waals surface area contributed by atoms with Crippen LogP contribution in [0.2, 0.25) is 10.2 Å². The number of hydrogen-bond donors (Lipinski definition) is 1. The summed E-state index contributed by atoms with van der Waals surface area (Å²) >= 11 is 12.3. The highest BCUT2D eigenvalue weighted by Crippen LogP contribution is 2.60. The van der Waals surface area contributed by atoms with Gasteiger partial charge in [-0.25, -0.2) is 14.7 Å². The molecule has 9 nitrogen and oxygen atoms in total. The van der Waals surface area contributed by atoms with E-state index in [9.17, 15) is 4.79 Å². The SMILES string of the molecule is Cc1[nH]nc2cc(C3=C(F)N=C(C4C5CC5c5nc(-c6cc(Cl)ccc6-n6cc(Cl)nn6)cc(=O)n54)C3)ccc12. The quantitative estimate of drug-likeness (QED) is 0.273. The number of benzene rings is 2. The molecule has 2 aliphatic heterocycles. The lowest BCUT2D eigenvalue weighted by molar-refractivity contribution is 0.572. The van der Waals surface area contributed by atoms with Crippen LogP contribution in [0.15, 0.2) is 64.4 Å². The summed E-state index contributed by atoms with van der Waals surface area (Å²) < 4.78 is 18.5. The number of aliphatic imine (C=N–C) groups is 1. The van der Waals surface area contributed by atoms with Crippen molar-refractivity contribution in [2.75, 3.05) is 0 Å². The Kier molecular flexibility index (Phi) is 4.99. The zero-order valence-corrected chi connectivity index (χ0v) is 22.4. The lowest BCUT2D eigenvalue weighted by Crippen LogP contribution is -2.30. The molecule has 1 aliphatic carbocycles. The Morgan fingerprint density at radius 3 is 2.83 bits per heavy atom. The summed E-state index contributed by atoms with van der Waals surface area (Å²) in [5, 5.41) is 16.9. The first-order chi connectivity index (χ1) is 19.4. The van der Waals surface area contributed by atoms with Gasteiger partial charge in [-0.1, -0.05) is 40.5 Å². The Balaban J connectivity index is 1.16. The van der Waals surface area contributed by atoms with E-state index in [4.69, 9.17) is 28.2 Å². The van der Waals surface area contributed by atoms with Gasteiger partial charge in [0.15, 0.2) is 5.15 Å². The molecular weight excluding hydrogens is 554 g/mol. The third-order valence-corrected chi connectivity index (χ3v) is 8.47. The molecule has 198 valence electrons. The number of nitrogens with one attached hydrogen (secondary N) is 1. The number of allylic oxidation sites excluding steroid dienone is 1. The Bertz CT molecular complexity index is 2020. The van der Waals surface area contributed by atoms with Crippen molar-refractivity contribution >= 4 is 45.4 Å². The van der Waals surface area contributed by atoms with Gasteiger partial charge in [-0.2, -0.15) is 9.49 Å². The van der Waals surface area contributed by atoms with Gasteiger partial charge in [-0.15, -0.1) is 5.10 Å². The van der Waals surface area contributed by atoms with E-state index in [0.717, 1.165) is 28.6 Å². The monoisotopic (exact) mass is 572 g/mol. The smallest absolute Gasteiger partial charge is 0.254 e. The molecule has 1 saturated carbocycles. The average molecular weight is 573 g/mol. The van der Waals surface area contributed by atoms with E-state index in [1.54, 1.807) is 29.0 Å². The third kappa shape index (κ3) is 3.52. The minimum absolute atomic E-state index is 0.110. The average Bonchev–Trinajstić information content (AvgIpc) is 3.21. The van der Waals surface area contributed by atoms with Gasteiger partial charge in [-0.05, 0) is 49.1 Å². The maximum atomic E-state index is 15.3. The van der Waals surface area contributed by atoms with Gasteiger partial charge in [0.05, 0.1) is 29.1 Å². The number of fused-ring (bicyclic) bond motifs is 4. The Hall–Kier alpha value is -4.15. The molecule has 3 aromatic heterocycles. The normalized spacial score (nSPS) is 21.2. The molecule has 3 atom stereocenters. The zero-order chi connectivity index (χ0) is 27.3. The molecule has 0 saturated heterocycles. The predicted molar refractivity (Wildman–Crippen MR) is 150 cm³/mol. The van der Waals surface area contributed by atoms with E-state index in [2.05, 4.69) is 25.5 Å².